The molecule has 0 bridgehead atoms. The monoisotopic (exact) mass is 264 g/mol. The summed E-state index contributed by atoms with van der Waals surface area (Å²) in [5.41, 5.74) is 1.52. The van der Waals surface area contributed by atoms with Gasteiger partial charge in [-0.2, -0.15) is 0 Å². The molecular weight excluding hydrogens is 251 g/mol. The van der Waals surface area contributed by atoms with E-state index in [1.165, 1.54) is 36.5 Å². The number of nitrogens with zero attached hydrogens (tertiary/aromatic N) is 2. The third-order valence-corrected chi connectivity index (χ3v) is 2.69. The van der Waals surface area contributed by atoms with Gasteiger partial charge in [0, 0.05) is 11.8 Å². The molecule has 1 aromatic carbocycles. The molecule has 0 aliphatic carbocycles. The molecule has 0 saturated carbocycles. The molecule has 1 aromatic rings. The van der Waals surface area contributed by atoms with Crippen molar-refractivity contribution in [1.29, 1.82) is 0 Å². The first-order valence-electron chi connectivity index (χ1n) is 5.54. The lowest BCUT2D eigenvalue weighted by molar-refractivity contribution is -0.171. The van der Waals surface area contributed by atoms with Gasteiger partial charge < -0.3 is 10.2 Å². The Labute approximate surface area is 109 Å². The number of hydroxylamine groups is 2. The topological polar surface area (TPSA) is 76.3 Å². The van der Waals surface area contributed by atoms with Crippen molar-refractivity contribution in [3.05, 3.63) is 54.5 Å². The average Bonchev–Trinajstić information content (AvgIpc) is 2.39. The predicted octanol–water partition coefficient (Wildman–Crippen LogP) is 1.14. The van der Waals surface area contributed by atoms with Crippen LogP contribution in [0, 0.1) is 5.82 Å². The molecule has 100 valence electrons. The fraction of sp³-hybridized carbons (Fsp3) is 0.154. The molecule has 1 aliphatic rings. The fourth-order valence-electron chi connectivity index (χ4n) is 1.76. The molecule has 2 rings (SSSR count). The van der Waals surface area contributed by atoms with Gasteiger partial charge in [0.1, 0.15) is 5.82 Å². The zero-order valence-electron chi connectivity index (χ0n) is 9.94. The van der Waals surface area contributed by atoms with Crippen LogP contribution in [-0.2, 0) is 0 Å². The van der Waals surface area contributed by atoms with E-state index in [0.29, 0.717) is 21.9 Å². The van der Waals surface area contributed by atoms with Crippen LogP contribution in [0.1, 0.15) is 5.56 Å². The van der Waals surface area contributed by atoms with Gasteiger partial charge in [-0.05, 0) is 23.8 Å². The Morgan fingerprint density at radius 3 is 2.47 bits per heavy atom. The van der Waals surface area contributed by atoms with Gasteiger partial charge in [-0.1, -0.05) is 18.7 Å². The molecule has 1 unspecified atom stereocenters. The summed E-state index contributed by atoms with van der Waals surface area (Å²) in [5.74, 6) is -0.373. The minimum Gasteiger partial charge on any atom is -0.365 e. The second-order valence-corrected chi connectivity index (χ2v) is 3.98. The van der Waals surface area contributed by atoms with Gasteiger partial charge in [0.15, 0.2) is 12.5 Å². The lowest BCUT2D eigenvalue weighted by Crippen LogP contribution is -2.40. The molecule has 0 radical (unpaired) electrons. The van der Waals surface area contributed by atoms with Gasteiger partial charge in [0.25, 0.3) is 0 Å². The lowest BCUT2D eigenvalue weighted by Gasteiger charge is -2.28. The zero-order chi connectivity index (χ0) is 14.0. The number of hydrogen-bond donors (Lipinski definition) is 3. The van der Waals surface area contributed by atoms with E-state index in [1.54, 1.807) is 0 Å². The minimum absolute atomic E-state index is 0.373. The van der Waals surface area contributed by atoms with Crippen LogP contribution in [0.4, 0.5) is 4.39 Å². The molecular formula is C13H13FN2O3. The smallest absolute Gasteiger partial charge is 0.195 e. The standard InChI is InChI=1S/C13H13FN2O3/c1-2-11-10(8-3-5-9(14)6-4-8)7-16(19)12(15-11)13(17)18/h2-7,12-13,17-19H,1H2. The summed E-state index contributed by atoms with van der Waals surface area (Å²) in [7, 11) is 0. The van der Waals surface area contributed by atoms with Crippen molar-refractivity contribution in [2.45, 2.75) is 12.5 Å². The van der Waals surface area contributed by atoms with Crippen LogP contribution < -0.4 is 0 Å². The Kier molecular flexibility index (Phi) is 3.75. The molecule has 1 atom stereocenters. The van der Waals surface area contributed by atoms with Crippen molar-refractivity contribution in [1.82, 2.24) is 5.06 Å². The second-order valence-electron chi connectivity index (χ2n) is 3.98. The maximum absolute atomic E-state index is 12.9. The molecule has 0 aromatic heterocycles. The van der Waals surface area contributed by atoms with Crippen molar-refractivity contribution < 1.29 is 19.8 Å². The maximum Gasteiger partial charge on any atom is 0.195 e. The Morgan fingerprint density at radius 1 is 1.32 bits per heavy atom. The van der Waals surface area contributed by atoms with E-state index in [4.69, 9.17) is 10.2 Å². The highest BCUT2D eigenvalue weighted by Crippen LogP contribution is 2.24. The zero-order valence-corrected chi connectivity index (χ0v) is 9.94. The largest absolute Gasteiger partial charge is 0.365 e. The van der Waals surface area contributed by atoms with Crippen molar-refractivity contribution in [3.63, 3.8) is 0 Å². The molecule has 0 spiro atoms. The van der Waals surface area contributed by atoms with Crippen molar-refractivity contribution in [3.8, 4) is 0 Å². The average molecular weight is 264 g/mol. The molecule has 0 saturated heterocycles. The van der Waals surface area contributed by atoms with Crippen LogP contribution in [0.15, 0.2) is 48.1 Å². The van der Waals surface area contributed by atoms with Crippen LogP contribution in [-0.4, -0.2) is 38.7 Å². The van der Waals surface area contributed by atoms with E-state index < -0.39 is 12.5 Å². The Morgan fingerprint density at radius 2 is 1.95 bits per heavy atom. The van der Waals surface area contributed by atoms with Gasteiger partial charge in [0.2, 0.25) is 0 Å². The Hall–Kier alpha value is -2.02. The van der Waals surface area contributed by atoms with Crippen LogP contribution in [0.3, 0.4) is 0 Å². The van der Waals surface area contributed by atoms with Crippen molar-refractivity contribution in [2.24, 2.45) is 4.99 Å². The van der Waals surface area contributed by atoms with E-state index in [2.05, 4.69) is 11.6 Å². The molecule has 0 amide bonds. The number of halogens is 1. The number of allylic oxidation sites excluding steroid dienone is 2. The highest BCUT2D eigenvalue weighted by Gasteiger charge is 2.26. The first-order valence-corrected chi connectivity index (χ1v) is 5.54. The Balaban J connectivity index is 2.40. The summed E-state index contributed by atoms with van der Waals surface area (Å²) < 4.78 is 12.9. The van der Waals surface area contributed by atoms with E-state index in [0.717, 1.165) is 0 Å². The van der Waals surface area contributed by atoms with E-state index in [-0.39, 0.29) is 5.82 Å². The molecule has 0 fully saturated rings. The highest BCUT2D eigenvalue weighted by atomic mass is 19.1. The van der Waals surface area contributed by atoms with Gasteiger partial charge in [-0.3, -0.25) is 10.2 Å². The number of aliphatic hydroxyl groups is 2. The first kappa shape index (κ1) is 13.4. The summed E-state index contributed by atoms with van der Waals surface area (Å²) in [4.78, 5) is 3.97. The third kappa shape index (κ3) is 2.70. The molecule has 6 heteroatoms. The lowest BCUT2D eigenvalue weighted by atomic mass is 10.0. The second kappa shape index (κ2) is 5.31. The predicted molar refractivity (Wildman–Crippen MR) is 67.6 cm³/mol. The van der Waals surface area contributed by atoms with Crippen LogP contribution in [0.2, 0.25) is 0 Å². The maximum atomic E-state index is 12.9. The number of aliphatic hydroxyl groups excluding tert-OH is 1. The molecule has 3 N–H and O–H groups in total. The van der Waals surface area contributed by atoms with Gasteiger partial charge in [-0.15, -0.1) is 0 Å². The van der Waals surface area contributed by atoms with Gasteiger partial charge in [0.05, 0.1) is 5.71 Å². The van der Waals surface area contributed by atoms with Gasteiger partial charge in [-0.25, -0.2) is 9.45 Å². The van der Waals surface area contributed by atoms with E-state index in [1.807, 2.05) is 0 Å². The number of aliphatic imine (C=N–C) groups is 1. The number of rotatable bonds is 3. The highest BCUT2D eigenvalue weighted by molar-refractivity contribution is 6.29. The summed E-state index contributed by atoms with van der Waals surface area (Å²) >= 11 is 0. The fourth-order valence-corrected chi connectivity index (χ4v) is 1.76. The van der Waals surface area contributed by atoms with E-state index in [9.17, 15) is 9.60 Å². The molecule has 1 heterocycles. The summed E-state index contributed by atoms with van der Waals surface area (Å²) in [5, 5.41) is 28.4. The first-order chi connectivity index (χ1) is 9.02. The van der Waals surface area contributed by atoms with Crippen molar-refractivity contribution in [2.75, 3.05) is 0 Å². The van der Waals surface area contributed by atoms with Crippen LogP contribution in [0.25, 0.3) is 5.57 Å². The van der Waals surface area contributed by atoms with Crippen LogP contribution in [0.5, 0.6) is 0 Å². The third-order valence-electron chi connectivity index (χ3n) is 2.69. The summed E-state index contributed by atoms with van der Waals surface area (Å²) in [6.45, 7) is 3.59. The number of benzene rings is 1. The molecule has 1 aliphatic heterocycles. The number of hydrogen-bond acceptors (Lipinski definition) is 5. The Bertz CT molecular complexity index is 537. The quantitative estimate of drug-likeness (QED) is 0.715. The molecule has 19 heavy (non-hydrogen) atoms. The van der Waals surface area contributed by atoms with Crippen molar-refractivity contribution >= 4 is 11.3 Å². The molecule has 5 nitrogen and oxygen atoms in total. The summed E-state index contributed by atoms with van der Waals surface area (Å²) in [6, 6.07) is 5.63. The SMILES string of the molecule is C=CC1=NC(C(O)O)N(O)C=C1c1ccc(F)cc1. The van der Waals surface area contributed by atoms with Crippen LogP contribution >= 0.6 is 0 Å². The minimum atomic E-state index is -1.83. The van der Waals surface area contributed by atoms with E-state index >= 15 is 0 Å². The normalized spacial score (nSPS) is 19.2. The summed E-state index contributed by atoms with van der Waals surface area (Å²) in [6.07, 6.45) is -0.318. The van der Waals surface area contributed by atoms with Gasteiger partial charge >= 0.3 is 0 Å².